The van der Waals surface area contributed by atoms with Gasteiger partial charge in [0.05, 0.1) is 43.5 Å². The number of methoxy groups -OCH3 is 5. The molecule has 0 saturated carbocycles. The molecule has 1 N–H and O–H groups in total. The topological polar surface area (TPSA) is 165 Å². The first-order valence-corrected chi connectivity index (χ1v) is 21.0. The van der Waals surface area contributed by atoms with Crippen LogP contribution < -0.4 is 0 Å². The van der Waals surface area contributed by atoms with Crippen LogP contribution in [0.15, 0.2) is 36.5 Å². The van der Waals surface area contributed by atoms with Crippen LogP contribution in [0.1, 0.15) is 74.1 Å². The third kappa shape index (κ3) is 10.7. The number of allylic oxidation sites excluding steroid dienone is 5. The van der Waals surface area contributed by atoms with Gasteiger partial charge in [0.1, 0.15) is 42.7 Å². The highest BCUT2D eigenvalue weighted by Crippen LogP contribution is 2.46. The maximum Gasteiger partial charge on any atom is 0.309 e. The van der Waals surface area contributed by atoms with Gasteiger partial charge in [0, 0.05) is 65.6 Å². The van der Waals surface area contributed by atoms with Crippen molar-refractivity contribution in [3.8, 4) is 0 Å². The highest BCUT2D eigenvalue weighted by atomic mass is 16.8. The van der Waals surface area contributed by atoms with E-state index in [9.17, 15) is 14.7 Å². The van der Waals surface area contributed by atoms with Crippen molar-refractivity contribution in [2.24, 2.45) is 23.2 Å². The number of esters is 1. The minimum atomic E-state index is -2.05. The van der Waals surface area contributed by atoms with Crippen LogP contribution in [0.2, 0.25) is 0 Å². The molecule has 17 unspecified atom stereocenters. The van der Waals surface area contributed by atoms with Crippen LogP contribution in [-0.2, 0) is 66.4 Å². The van der Waals surface area contributed by atoms with E-state index in [1.54, 1.807) is 35.4 Å². The highest BCUT2D eigenvalue weighted by molar-refractivity contribution is 5.86. The molecule has 0 spiro atoms. The first-order valence-electron chi connectivity index (χ1n) is 21.0. The fourth-order valence-corrected chi connectivity index (χ4v) is 8.98. The number of carbonyl (C=O) groups excluding carboxylic acids is 2. The number of Topliss-reactive ketones (excluding diaryl/α,β-unsaturated/α-hetero) is 1. The van der Waals surface area contributed by atoms with E-state index in [1.807, 2.05) is 58.1 Å². The largest absolute Gasteiger partial charge is 0.457 e. The fraction of sp³-hybridized carbons (Fsp3) is 0.818. The Kier molecular flexibility index (Phi) is 16.9. The molecular formula is C44H70O15. The van der Waals surface area contributed by atoms with Crippen molar-refractivity contribution in [1.29, 1.82) is 0 Å². The molecule has 59 heavy (non-hydrogen) atoms. The number of fused-ring (bicyclic) bond motifs is 4. The summed E-state index contributed by atoms with van der Waals surface area (Å²) in [6.45, 7) is 13.8. The number of aliphatic hydroxyl groups is 1. The number of ether oxygens (including phenoxy) is 12. The summed E-state index contributed by atoms with van der Waals surface area (Å²) in [7, 11) is 7.83. The second-order valence-corrected chi connectivity index (χ2v) is 17.6. The SMILES string of the molecule is COC1COC(OC2CC3CC(=O)C4(O)OC(CC4C)C(C)(C)C(C=CC=CC=CC(C)C)OC(=O)CC(O3)C2C)C(OC)C1OC1OC(C)C(OC)C(OC)C1OC. The second-order valence-electron chi connectivity index (χ2n) is 17.6. The monoisotopic (exact) mass is 838 g/mol. The molecule has 5 aliphatic rings. The van der Waals surface area contributed by atoms with Gasteiger partial charge in [-0.25, -0.2) is 0 Å². The number of cyclic esters (lactones) is 1. The minimum absolute atomic E-state index is 0.0965. The van der Waals surface area contributed by atoms with Crippen molar-refractivity contribution in [2.45, 2.75) is 166 Å². The van der Waals surface area contributed by atoms with Gasteiger partial charge in [0.15, 0.2) is 18.4 Å². The lowest BCUT2D eigenvalue weighted by Gasteiger charge is -2.48. The zero-order chi connectivity index (χ0) is 43.2. The molecule has 5 fully saturated rings. The number of ketones is 1. The Morgan fingerprint density at radius 2 is 1.41 bits per heavy atom. The first-order chi connectivity index (χ1) is 28.0. The number of hydrogen-bond donors (Lipinski definition) is 1. The minimum Gasteiger partial charge on any atom is -0.457 e. The van der Waals surface area contributed by atoms with Gasteiger partial charge < -0.3 is 61.9 Å². The maximum atomic E-state index is 14.1. The molecule has 5 saturated heterocycles. The van der Waals surface area contributed by atoms with E-state index in [2.05, 4.69) is 19.9 Å². The third-order valence-corrected chi connectivity index (χ3v) is 12.8. The molecule has 0 aromatic heterocycles. The fourth-order valence-electron chi connectivity index (χ4n) is 8.98. The molecule has 5 aliphatic heterocycles. The van der Waals surface area contributed by atoms with E-state index in [4.69, 9.17) is 56.8 Å². The highest BCUT2D eigenvalue weighted by Gasteiger charge is 2.57. The van der Waals surface area contributed by atoms with E-state index in [0.29, 0.717) is 12.3 Å². The van der Waals surface area contributed by atoms with Crippen molar-refractivity contribution in [1.82, 2.24) is 0 Å². The van der Waals surface area contributed by atoms with Crippen molar-refractivity contribution >= 4 is 11.8 Å². The summed E-state index contributed by atoms with van der Waals surface area (Å²) in [5, 5.41) is 11.9. The summed E-state index contributed by atoms with van der Waals surface area (Å²) < 4.78 is 74.1. The normalized spacial score (nSPS) is 43.6. The third-order valence-electron chi connectivity index (χ3n) is 12.8. The van der Waals surface area contributed by atoms with Crippen LogP contribution in [-0.4, -0.2) is 151 Å². The summed E-state index contributed by atoms with van der Waals surface area (Å²) >= 11 is 0. The van der Waals surface area contributed by atoms with Crippen LogP contribution in [0.3, 0.4) is 0 Å². The molecule has 336 valence electrons. The summed E-state index contributed by atoms with van der Waals surface area (Å²) in [4.78, 5) is 28.0. The molecule has 0 amide bonds. The summed E-state index contributed by atoms with van der Waals surface area (Å²) in [5.41, 5.74) is -0.805. The Balaban J connectivity index is 1.39. The van der Waals surface area contributed by atoms with Gasteiger partial charge >= 0.3 is 5.97 Å². The average Bonchev–Trinajstić information content (AvgIpc) is 3.52. The molecule has 0 aliphatic carbocycles. The van der Waals surface area contributed by atoms with Crippen molar-refractivity contribution < 1.29 is 71.5 Å². The molecule has 5 heterocycles. The number of rotatable bonds is 13. The zero-order valence-electron chi connectivity index (χ0n) is 37.0. The average molecular weight is 839 g/mol. The molecule has 5 rings (SSSR count). The molecule has 17 atom stereocenters. The Hall–Kier alpha value is -2.12. The van der Waals surface area contributed by atoms with Gasteiger partial charge in [-0.3, -0.25) is 9.59 Å². The van der Waals surface area contributed by atoms with Gasteiger partial charge in [0.25, 0.3) is 0 Å². The van der Waals surface area contributed by atoms with Gasteiger partial charge in [-0.1, -0.05) is 71.9 Å². The van der Waals surface area contributed by atoms with E-state index < -0.39 is 109 Å². The Labute approximate surface area is 350 Å². The molecule has 0 aromatic carbocycles. The van der Waals surface area contributed by atoms with Gasteiger partial charge in [0.2, 0.25) is 5.79 Å². The molecule has 0 aromatic rings. The molecule has 15 nitrogen and oxygen atoms in total. The van der Waals surface area contributed by atoms with Crippen LogP contribution in [0.4, 0.5) is 0 Å². The van der Waals surface area contributed by atoms with Gasteiger partial charge in [-0.05, 0) is 25.3 Å². The zero-order valence-corrected chi connectivity index (χ0v) is 37.0. The standard InChI is InChI=1S/C44H70O15/c1-24(2)17-15-13-14-16-18-33-43(6,7)34-19-25(3)44(47,59-34)32(45)21-28-20-29(26(4)30(55-28)22-35(46)57-33)56-41-39(51-11)37(31(48-8)23-53-41)58-42-40(52-12)38(50-10)36(49-9)27(5)54-42/h13-18,24-31,33-34,36-42,47H,19-23H2,1-12H3. The predicted octanol–water partition coefficient (Wildman–Crippen LogP) is 4.47. The summed E-state index contributed by atoms with van der Waals surface area (Å²) in [6, 6.07) is 0. The summed E-state index contributed by atoms with van der Waals surface area (Å²) in [5.74, 6) is -3.49. The van der Waals surface area contributed by atoms with E-state index in [1.165, 1.54) is 7.11 Å². The molecule has 15 heteroatoms. The lowest BCUT2D eigenvalue weighted by Crippen LogP contribution is -2.64. The molecule has 4 bridgehead atoms. The van der Waals surface area contributed by atoms with Gasteiger partial charge in [-0.2, -0.15) is 0 Å². The van der Waals surface area contributed by atoms with Crippen LogP contribution >= 0.6 is 0 Å². The van der Waals surface area contributed by atoms with Crippen LogP contribution in [0.5, 0.6) is 0 Å². The Morgan fingerprint density at radius 3 is 2.05 bits per heavy atom. The van der Waals surface area contributed by atoms with Crippen LogP contribution in [0, 0.1) is 23.2 Å². The van der Waals surface area contributed by atoms with E-state index >= 15 is 0 Å². The van der Waals surface area contributed by atoms with E-state index in [0.717, 1.165) is 0 Å². The van der Waals surface area contributed by atoms with Crippen molar-refractivity contribution in [3.63, 3.8) is 0 Å². The smallest absolute Gasteiger partial charge is 0.309 e. The second kappa shape index (κ2) is 20.8. The van der Waals surface area contributed by atoms with Crippen LogP contribution in [0.25, 0.3) is 0 Å². The number of hydrogen-bond acceptors (Lipinski definition) is 15. The molecule has 0 radical (unpaired) electrons. The Morgan fingerprint density at radius 1 is 0.746 bits per heavy atom. The Bertz CT molecular complexity index is 1460. The lowest BCUT2D eigenvalue weighted by atomic mass is 9.77. The van der Waals surface area contributed by atoms with Crippen molar-refractivity contribution in [3.05, 3.63) is 36.5 Å². The lowest BCUT2D eigenvalue weighted by molar-refractivity contribution is -0.359. The molecular weight excluding hydrogens is 768 g/mol. The maximum absolute atomic E-state index is 14.1. The van der Waals surface area contributed by atoms with Gasteiger partial charge in [-0.15, -0.1) is 0 Å². The summed E-state index contributed by atoms with van der Waals surface area (Å²) in [6.07, 6.45) is 2.68. The van der Waals surface area contributed by atoms with E-state index in [-0.39, 0.29) is 37.9 Å². The number of carbonyl (C=O) groups is 2. The van der Waals surface area contributed by atoms with Crippen molar-refractivity contribution in [2.75, 3.05) is 42.2 Å². The first kappa shape index (κ1) is 47.9. The quantitative estimate of drug-likeness (QED) is 0.204. The predicted molar refractivity (Wildman–Crippen MR) is 214 cm³/mol.